The number of methoxy groups -OCH3 is 1. The number of aliphatic hydroxyl groups is 1. The highest BCUT2D eigenvalue weighted by atomic mass is 16.5. The fourth-order valence-corrected chi connectivity index (χ4v) is 5.62. The van der Waals surface area contributed by atoms with Crippen molar-refractivity contribution in [2.75, 3.05) is 7.11 Å². The lowest BCUT2D eigenvalue weighted by molar-refractivity contribution is -0.172. The second-order valence-electron chi connectivity index (χ2n) is 8.46. The molecule has 4 heteroatoms. The summed E-state index contributed by atoms with van der Waals surface area (Å²) in [5, 5.41) is 12.8. The highest BCUT2D eigenvalue weighted by molar-refractivity contribution is 5.91. The Morgan fingerprint density at radius 3 is 2.45 bits per heavy atom. The first-order chi connectivity index (χ1) is 14.1. The van der Waals surface area contributed by atoms with E-state index < -0.39 is 11.7 Å². The average molecular weight is 389 g/mol. The van der Waals surface area contributed by atoms with Crippen LogP contribution in [-0.2, 0) is 15.3 Å². The van der Waals surface area contributed by atoms with Crippen LogP contribution in [0.25, 0.3) is 10.9 Å². The quantitative estimate of drug-likeness (QED) is 0.638. The summed E-state index contributed by atoms with van der Waals surface area (Å²) >= 11 is 0. The van der Waals surface area contributed by atoms with E-state index in [2.05, 4.69) is 24.3 Å². The normalized spacial score (nSPS) is 24.6. The Morgan fingerprint density at radius 1 is 1.03 bits per heavy atom. The van der Waals surface area contributed by atoms with E-state index in [1.807, 2.05) is 34.9 Å². The molecule has 1 saturated carbocycles. The Kier molecular flexibility index (Phi) is 4.47. The van der Waals surface area contributed by atoms with Crippen molar-refractivity contribution in [2.45, 2.75) is 56.1 Å². The molecule has 1 aromatic heterocycles. The molecule has 5 rings (SSSR count). The first-order valence-electron chi connectivity index (χ1n) is 10.6. The van der Waals surface area contributed by atoms with Crippen molar-refractivity contribution in [1.82, 2.24) is 4.57 Å². The molecule has 1 fully saturated rings. The predicted octanol–water partition coefficient (Wildman–Crippen LogP) is 5.04. The smallest absolute Gasteiger partial charge is 0.359 e. The lowest BCUT2D eigenvalue weighted by atomic mass is 9.79. The zero-order valence-electron chi connectivity index (χ0n) is 16.8. The maximum absolute atomic E-state index is 12.8. The minimum Gasteiger partial charge on any atom is -0.465 e. The second-order valence-corrected chi connectivity index (χ2v) is 8.46. The number of benzene rings is 2. The summed E-state index contributed by atoms with van der Waals surface area (Å²) in [5.74, 6) is -0.158. The zero-order chi connectivity index (χ0) is 20.0. The second kappa shape index (κ2) is 7.03. The standard InChI is InChI=1S/C25H27NO3/c1-29-24(27)25(28)16-20(17-10-4-2-5-11-17)23-22(18-12-6-3-7-13-18)19-14-8-9-15-21(19)26(23)25/h2,4-5,8-11,14-15,18,20,28H,3,6-7,12-13,16H2,1H3/t20-,25+/m1/s1. The van der Waals surface area contributed by atoms with Crippen molar-refractivity contribution in [3.05, 3.63) is 71.4 Å². The third-order valence-electron chi connectivity index (χ3n) is 6.87. The summed E-state index contributed by atoms with van der Waals surface area (Å²) in [6, 6.07) is 18.4. The van der Waals surface area contributed by atoms with Crippen molar-refractivity contribution in [1.29, 1.82) is 0 Å². The molecule has 0 radical (unpaired) electrons. The van der Waals surface area contributed by atoms with Gasteiger partial charge in [0.05, 0.1) is 12.6 Å². The molecule has 1 aliphatic heterocycles. The number of aromatic nitrogens is 1. The molecule has 2 aliphatic rings. The fourth-order valence-electron chi connectivity index (χ4n) is 5.62. The van der Waals surface area contributed by atoms with Gasteiger partial charge in [-0.1, -0.05) is 67.8 Å². The van der Waals surface area contributed by atoms with Gasteiger partial charge in [-0.15, -0.1) is 0 Å². The number of esters is 1. The molecule has 2 atom stereocenters. The molecule has 0 unspecified atom stereocenters. The van der Waals surface area contributed by atoms with E-state index in [1.165, 1.54) is 44.8 Å². The molecule has 1 aliphatic carbocycles. The number of para-hydroxylation sites is 1. The van der Waals surface area contributed by atoms with Gasteiger partial charge >= 0.3 is 5.97 Å². The molecular weight excluding hydrogens is 362 g/mol. The highest BCUT2D eigenvalue weighted by Crippen LogP contribution is 2.52. The van der Waals surface area contributed by atoms with Gasteiger partial charge in [0.1, 0.15) is 0 Å². The third-order valence-corrected chi connectivity index (χ3v) is 6.87. The molecule has 0 amide bonds. The Labute approximate surface area is 171 Å². The van der Waals surface area contributed by atoms with Gasteiger partial charge in [-0.05, 0) is 36.0 Å². The van der Waals surface area contributed by atoms with Crippen LogP contribution in [0.2, 0.25) is 0 Å². The third kappa shape index (κ3) is 2.73. The van der Waals surface area contributed by atoms with Crippen molar-refractivity contribution in [3.8, 4) is 0 Å². The van der Waals surface area contributed by atoms with E-state index in [4.69, 9.17) is 4.74 Å². The SMILES string of the molecule is COC(=O)[C@@]1(O)C[C@H](c2ccccc2)c2c(C3CCCCC3)c3ccccc3n21. The van der Waals surface area contributed by atoms with Gasteiger partial charge < -0.3 is 14.4 Å². The Morgan fingerprint density at radius 2 is 1.72 bits per heavy atom. The molecule has 0 bridgehead atoms. The van der Waals surface area contributed by atoms with Crippen LogP contribution in [0.15, 0.2) is 54.6 Å². The number of ether oxygens (including phenoxy) is 1. The van der Waals surface area contributed by atoms with E-state index in [9.17, 15) is 9.90 Å². The van der Waals surface area contributed by atoms with Crippen LogP contribution in [0.1, 0.15) is 67.2 Å². The molecule has 4 nitrogen and oxygen atoms in total. The number of nitrogens with zero attached hydrogens (tertiary/aromatic N) is 1. The van der Waals surface area contributed by atoms with Gasteiger partial charge in [0.25, 0.3) is 0 Å². The highest BCUT2D eigenvalue weighted by Gasteiger charge is 2.52. The van der Waals surface area contributed by atoms with Crippen LogP contribution in [0, 0.1) is 0 Å². The minimum absolute atomic E-state index is 0.0374. The van der Waals surface area contributed by atoms with Gasteiger partial charge in [-0.3, -0.25) is 0 Å². The van der Waals surface area contributed by atoms with E-state index in [1.54, 1.807) is 0 Å². The van der Waals surface area contributed by atoms with E-state index in [0.29, 0.717) is 12.3 Å². The molecule has 0 saturated heterocycles. The van der Waals surface area contributed by atoms with E-state index in [0.717, 1.165) is 22.2 Å². The average Bonchev–Trinajstić information content (AvgIpc) is 3.28. The molecule has 150 valence electrons. The van der Waals surface area contributed by atoms with Gasteiger partial charge in [0, 0.05) is 23.4 Å². The van der Waals surface area contributed by atoms with Crippen molar-refractivity contribution >= 4 is 16.9 Å². The Balaban J connectivity index is 1.82. The van der Waals surface area contributed by atoms with Gasteiger partial charge in [-0.2, -0.15) is 0 Å². The number of carbonyl (C=O) groups is 1. The van der Waals surface area contributed by atoms with Crippen molar-refractivity contribution < 1.29 is 14.6 Å². The van der Waals surface area contributed by atoms with Crippen LogP contribution in [0.4, 0.5) is 0 Å². The van der Waals surface area contributed by atoms with Crippen molar-refractivity contribution in [3.63, 3.8) is 0 Å². The first-order valence-corrected chi connectivity index (χ1v) is 10.6. The predicted molar refractivity (Wildman–Crippen MR) is 113 cm³/mol. The molecule has 1 N–H and O–H groups in total. The van der Waals surface area contributed by atoms with Gasteiger partial charge in [0.2, 0.25) is 5.72 Å². The molecular formula is C25H27NO3. The summed E-state index contributed by atoms with van der Waals surface area (Å²) in [4.78, 5) is 12.8. The topological polar surface area (TPSA) is 51.5 Å². The number of rotatable bonds is 3. The van der Waals surface area contributed by atoms with Gasteiger partial charge in [0.15, 0.2) is 0 Å². The summed E-state index contributed by atoms with van der Waals surface area (Å²) in [5.41, 5.74) is 2.80. The molecule has 2 aromatic carbocycles. The molecule has 29 heavy (non-hydrogen) atoms. The largest absolute Gasteiger partial charge is 0.465 e. The lowest BCUT2D eigenvalue weighted by Crippen LogP contribution is -2.40. The minimum atomic E-state index is -1.68. The van der Waals surface area contributed by atoms with Crippen LogP contribution >= 0.6 is 0 Å². The monoisotopic (exact) mass is 389 g/mol. The summed E-state index contributed by atoms with van der Waals surface area (Å²) in [6.07, 6.45) is 6.41. The van der Waals surface area contributed by atoms with E-state index >= 15 is 0 Å². The number of fused-ring (bicyclic) bond motifs is 3. The first kappa shape index (κ1) is 18.4. The summed E-state index contributed by atoms with van der Waals surface area (Å²) in [6.45, 7) is 0. The van der Waals surface area contributed by atoms with Crippen LogP contribution in [0.5, 0.6) is 0 Å². The molecule has 2 heterocycles. The molecule has 3 aromatic rings. The lowest BCUT2D eigenvalue weighted by Gasteiger charge is -2.24. The van der Waals surface area contributed by atoms with Crippen LogP contribution < -0.4 is 0 Å². The summed E-state index contributed by atoms with van der Waals surface area (Å²) < 4.78 is 6.96. The van der Waals surface area contributed by atoms with Gasteiger partial charge in [-0.25, -0.2) is 4.79 Å². The zero-order valence-corrected chi connectivity index (χ0v) is 16.8. The van der Waals surface area contributed by atoms with E-state index in [-0.39, 0.29) is 5.92 Å². The van der Waals surface area contributed by atoms with Crippen LogP contribution in [-0.4, -0.2) is 22.8 Å². The fraction of sp³-hybridized carbons (Fsp3) is 0.400. The Bertz CT molecular complexity index is 1050. The number of hydrogen-bond donors (Lipinski definition) is 1. The number of carbonyl (C=O) groups excluding carboxylic acids is 1. The summed E-state index contributed by atoms with van der Waals surface area (Å²) in [7, 11) is 1.35. The molecule has 0 spiro atoms. The maximum Gasteiger partial charge on any atom is 0.359 e. The maximum atomic E-state index is 12.8. The Hall–Kier alpha value is -2.59. The number of hydrogen-bond acceptors (Lipinski definition) is 3. The van der Waals surface area contributed by atoms with Crippen LogP contribution in [0.3, 0.4) is 0 Å². The van der Waals surface area contributed by atoms with Crippen molar-refractivity contribution in [2.24, 2.45) is 0 Å².